The molecule has 0 aliphatic heterocycles. The summed E-state index contributed by atoms with van der Waals surface area (Å²) in [5.74, 6) is -0.148. The monoisotopic (exact) mass is 388 g/mol. The van der Waals surface area contributed by atoms with Crippen molar-refractivity contribution in [3.63, 3.8) is 0 Å². The fourth-order valence-corrected chi connectivity index (χ4v) is 3.31. The van der Waals surface area contributed by atoms with Crippen LogP contribution in [0, 0.1) is 0 Å². The summed E-state index contributed by atoms with van der Waals surface area (Å²) in [5.41, 5.74) is 4.93. The number of Topliss-reactive ketones (excluding diaryl/α,β-unsaturated/α-hetero) is 1. The first kappa shape index (κ1) is 20.3. The lowest BCUT2D eigenvalue weighted by atomic mass is 9.87. The van der Waals surface area contributed by atoms with E-state index in [9.17, 15) is 14.4 Å². The van der Waals surface area contributed by atoms with Crippen LogP contribution in [0.3, 0.4) is 0 Å². The molecular formula is C24H24N2O3. The Morgan fingerprint density at radius 3 is 1.45 bits per heavy atom. The second-order valence-corrected chi connectivity index (χ2v) is 7.13. The van der Waals surface area contributed by atoms with Gasteiger partial charge in [-0.1, -0.05) is 24.3 Å². The van der Waals surface area contributed by atoms with Crippen LogP contribution in [-0.4, -0.2) is 17.6 Å². The number of carbonyl (C=O) groups is 3. The van der Waals surface area contributed by atoms with Gasteiger partial charge in [-0.15, -0.1) is 0 Å². The fourth-order valence-electron chi connectivity index (χ4n) is 3.31. The molecule has 2 aromatic rings. The predicted octanol–water partition coefficient (Wildman–Crippen LogP) is 4.82. The lowest BCUT2D eigenvalue weighted by molar-refractivity contribution is -0.115. The summed E-state index contributed by atoms with van der Waals surface area (Å²) >= 11 is 0. The zero-order valence-corrected chi connectivity index (χ0v) is 16.6. The van der Waals surface area contributed by atoms with Crippen LogP contribution in [0.15, 0.2) is 59.7 Å². The summed E-state index contributed by atoms with van der Waals surface area (Å²) in [6, 6.07) is 14.9. The second-order valence-electron chi connectivity index (χ2n) is 7.13. The first-order valence-corrected chi connectivity index (χ1v) is 9.62. The zero-order chi connectivity index (χ0) is 20.8. The summed E-state index contributed by atoms with van der Waals surface area (Å²) in [4.78, 5) is 35.1. The molecule has 0 bridgehead atoms. The molecule has 2 N–H and O–H groups in total. The summed E-state index contributed by atoms with van der Waals surface area (Å²) in [6.45, 7) is 2.94. The molecule has 0 radical (unpaired) electrons. The molecule has 1 aliphatic rings. The Kier molecular flexibility index (Phi) is 6.39. The number of rotatable bonds is 4. The minimum Gasteiger partial charge on any atom is -0.326 e. The highest BCUT2D eigenvalue weighted by Crippen LogP contribution is 2.28. The van der Waals surface area contributed by atoms with E-state index in [1.165, 1.54) is 13.8 Å². The molecule has 148 valence electrons. The molecule has 0 atom stereocenters. The maximum atomic E-state index is 12.9. The van der Waals surface area contributed by atoms with Gasteiger partial charge in [-0.05, 0) is 66.8 Å². The SMILES string of the molecule is CC(=O)Nc1ccc(/C=C2/CCC/C(=C/c3ccc(NC(C)=O)cc3)C2=O)cc1. The summed E-state index contributed by atoms with van der Waals surface area (Å²) < 4.78 is 0. The summed E-state index contributed by atoms with van der Waals surface area (Å²) in [6.07, 6.45) is 6.28. The van der Waals surface area contributed by atoms with Crippen molar-refractivity contribution in [3.8, 4) is 0 Å². The molecule has 0 unspecified atom stereocenters. The van der Waals surface area contributed by atoms with Crippen LogP contribution in [0.25, 0.3) is 12.2 Å². The molecular weight excluding hydrogens is 364 g/mol. The molecule has 5 heteroatoms. The Bertz CT molecular complexity index is 904. The first-order chi connectivity index (χ1) is 13.9. The Labute approximate surface area is 170 Å². The maximum absolute atomic E-state index is 12.9. The first-order valence-electron chi connectivity index (χ1n) is 9.62. The number of benzene rings is 2. The Balaban J connectivity index is 1.75. The summed E-state index contributed by atoms with van der Waals surface area (Å²) in [5, 5.41) is 5.47. The van der Waals surface area contributed by atoms with E-state index in [2.05, 4.69) is 10.6 Å². The number of allylic oxidation sites excluding steroid dienone is 2. The van der Waals surface area contributed by atoms with E-state index in [0.717, 1.165) is 52.9 Å². The largest absolute Gasteiger partial charge is 0.326 e. The molecule has 3 rings (SSSR count). The topological polar surface area (TPSA) is 75.3 Å². The Hall–Kier alpha value is -3.47. The van der Waals surface area contributed by atoms with Crippen LogP contribution in [0.2, 0.25) is 0 Å². The van der Waals surface area contributed by atoms with Crippen LogP contribution < -0.4 is 10.6 Å². The summed E-state index contributed by atoms with van der Waals surface area (Å²) in [7, 11) is 0. The number of anilines is 2. The molecule has 1 aliphatic carbocycles. The Morgan fingerprint density at radius 1 is 0.724 bits per heavy atom. The predicted molar refractivity (Wildman–Crippen MR) is 116 cm³/mol. The van der Waals surface area contributed by atoms with E-state index in [1.54, 1.807) is 0 Å². The zero-order valence-electron chi connectivity index (χ0n) is 16.6. The van der Waals surface area contributed by atoms with Crippen molar-refractivity contribution >= 4 is 41.1 Å². The molecule has 2 amide bonds. The van der Waals surface area contributed by atoms with Crippen LogP contribution in [0.4, 0.5) is 11.4 Å². The number of nitrogens with one attached hydrogen (secondary N) is 2. The molecule has 1 saturated carbocycles. The van der Waals surface area contributed by atoms with E-state index >= 15 is 0 Å². The second kappa shape index (κ2) is 9.15. The van der Waals surface area contributed by atoms with Gasteiger partial charge in [-0.2, -0.15) is 0 Å². The standard InChI is InChI=1S/C24H24N2O3/c1-16(27)25-22-10-6-18(7-11-22)14-20-4-3-5-21(24(20)29)15-19-8-12-23(13-9-19)26-17(2)28/h6-15H,3-5H2,1-2H3,(H,25,27)(H,26,28)/b20-14-,21-15-. The molecule has 5 nitrogen and oxygen atoms in total. The van der Waals surface area contributed by atoms with Crippen LogP contribution in [0.1, 0.15) is 44.2 Å². The van der Waals surface area contributed by atoms with Crippen molar-refractivity contribution in [2.24, 2.45) is 0 Å². The third-order valence-electron chi connectivity index (χ3n) is 4.62. The van der Waals surface area contributed by atoms with Crippen molar-refractivity contribution in [2.75, 3.05) is 10.6 Å². The van der Waals surface area contributed by atoms with Gasteiger partial charge in [0, 0.05) is 36.4 Å². The van der Waals surface area contributed by atoms with Crippen LogP contribution in [-0.2, 0) is 14.4 Å². The minimum absolute atomic E-state index is 0.0770. The lowest BCUT2D eigenvalue weighted by Crippen LogP contribution is -2.12. The van der Waals surface area contributed by atoms with Crippen molar-refractivity contribution in [1.29, 1.82) is 0 Å². The highest BCUT2D eigenvalue weighted by molar-refractivity contribution is 6.14. The number of ketones is 1. The van der Waals surface area contributed by atoms with E-state index in [4.69, 9.17) is 0 Å². The van der Waals surface area contributed by atoms with Gasteiger partial charge in [-0.25, -0.2) is 0 Å². The van der Waals surface area contributed by atoms with Gasteiger partial charge in [-0.3, -0.25) is 14.4 Å². The molecule has 29 heavy (non-hydrogen) atoms. The quantitative estimate of drug-likeness (QED) is 0.737. The van der Waals surface area contributed by atoms with Crippen molar-refractivity contribution in [2.45, 2.75) is 33.1 Å². The van der Waals surface area contributed by atoms with Crippen molar-refractivity contribution in [1.82, 2.24) is 0 Å². The van der Waals surface area contributed by atoms with Gasteiger partial charge in [0.25, 0.3) is 0 Å². The number of amides is 2. The Morgan fingerprint density at radius 2 is 1.10 bits per heavy atom. The number of carbonyl (C=O) groups excluding carboxylic acids is 3. The number of hydrogen-bond acceptors (Lipinski definition) is 3. The average Bonchev–Trinajstić information content (AvgIpc) is 2.67. The third-order valence-corrected chi connectivity index (χ3v) is 4.62. The highest BCUT2D eigenvalue weighted by atomic mass is 16.2. The van der Waals surface area contributed by atoms with Gasteiger partial charge in [0.05, 0.1) is 0 Å². The molecule has 0 spiro atoms. The number of hydrogen-bond donors (Lipinski definition) is 2. The van der Waals surface area contributed by atoms with Crippen molar-refractivity contribution < 1.29 is 14.4 Å². The van der Waals surface area contributed by atoms with E-state index in [1.807, 2.05) is 60.7 Å². The normalized spacial score (nSPS) is 16.7. The lowest BCUT2D eigenvalue weighted by Gasteiger charge is -2.17. The molecule has 1 fully saturated rings. The molecule has 0 saturated heterocycles. The van der Waals surface area contributed by atoms with Gasteiger partial charge in [0.15, 0.2) is 5.78 Å². The van der Waals surface area contributed by atoms with E-state index in [-0.39, 0.29) is 17.6 Å². The van der Waals surface area contributed by atoms with Gasteiger partial charge < -0.3 is 10.6 Å². The minimum atomic E-state index is -0.113. The van der Waals surface area contributed by atoms with Crippen LogP contribution in [0.5, 0.6) is 0 Å². The third kappa shape index (κ3) is 5.75. The molecule has 0 heterocycles. The van der Waals surface area contributed by atoms with Gasteiger partial charge in [0.1, 0.15) is 0 Å². The highest BCUT2D eigenvalue weighted by Gasteiger charge is 2.20. The van der Waals surface area contributed by atoms with Crippen molar-refractivity contribution in [3.05, 3.63) is 70.8 Å². The van der Waals surface area contributed by atoms with Crippen LogP contribution >= 0.6 is 0 Å². The fraction of sp³-hybridized carbons (Fsp3) is 0.208. The van der Waals surface area contributed by atoms with Gasteiger partial charge in [0.2, 0.25) is 11.8 Å². The van der Waals surface area contributed by atoms with E-state index < -0.39 is 0 Å². The van der Waals surface area contributed by atoms with E-state index in [0.29, 0.717) is 0 Å². The smallest absolute Gasteiger partial charge is 0.221 e. The van der Waals surface area contributed by atoms with Gasteiger partial charge >= 0.3 is 0 Å². The molecule has 2 aromatic carbocycles. The average molecular weight is 388 g/mol. The maximum Gasteiger partial charge on any atom is 0.221 e. The molecule has 0 aromatic heterocycles.